The normalized spacial score (nSPS) is 13.7. The molecule has 1 unspecified atom stereocenters. The molecule has 0 aliphatic rings. The van der Waals surface area contributed by atoms with Gasteiger partial charge in [0.05, 0.1) is 0 Å². The largest absolute Gasteiger partial charge is 0.355 e. The third-order valence-electron chi connectivity index (χ3n) is 4.31. The maximum Gasteiger partial charge on any atom is 0.191 e. The molecule has 23 heavy (non-hydrogen) atoms. The van der Waals surface area contributed by atoms with E-state index in [2.05, 4.69) is 74.0 Å². The molecule has 0 aliphatic heterocycles. The molecule has 0 bridgehead atoms. The van der Waals surface area contributed by atoms with Crippen molar-refractivity contribution in [1.29, 1.82) is 0 Å². The fourth-order valence-electron chi connectivity index (χ4n) is 2.52. The van der Waals surface area contributed by atoms with E-state index in [-0.39, 0.29) is 24.0 Å². The third-order valence-corrected chi connectivity index (χ3v) is 4.31. The van der Waals surface area contributed by atoms with Gasteiger partial charge in [-0.3, -0.25) is 9.89 Å². The predicted molar refractivity (Wildman–Crippen MR) is 114 cm³/mol. The average Bonchev–Trinajstić information content (AvgIpc) is 2.47. The van der Waals surface area contributed by atoms with Crippen molar-refractivity contribution in [2.45, 2.75) is 66.1 Å². The van der Waals surface area contributed by atoms with Gasteiger partial charge >= 0.3 is 0 Å². The second kappa shape index (κ2) is 14.3. The molecule has 0 aromatic heterocycles. The lowest BCUT2D eigenvalue weighted by Crippen LogP contribution is -2.46. The molecule has 6 heteroatoms. The molecule has 0 amide bonds. The lowest BCUT2D eigenvalue weighted by Gasteiger charge is -2.30. The number of hydrogen-bond acceptors (Lipinski definition) is 3. The van der Waals surface area contributed by atoms with E-state index in [1.807, 2.05) is 7.05 Å². The summed E-state index contributed by atoms with van der Waals surface area (Å²) in [5, 5.41) is 6.80. The molecule has 0 aromatic rings. The number of nitrogens with one attached hydrogen (secondary N) is 2. The van der Waals surface area contributed by atoms with Crippen LogP contribution >= 0.6 is 24.0 Å². The van der Waals surface area contributed by atoms with Crippen LogP contribution in [-0.4, -0.2) is 74.2 Å². The van der Waals surface area contributed by atoms with Gasteiger partial charge in [-0.25, -0.2) is 0 Å². The van der Waals surface area contributed by atoms with Crippen LogP contribution in [-0.2, 0) is 0 Å². The molecule has 5 nitrogen and oxygen atoms in total. The standard InChI is InChI=1S/C17H39N5.HI/c1-9-16(6)21(8)12-10-19-17(18-7)20-11-13-22(14(2)3)15(4)5;/h14-16H,9-13H2,1-8H3,(H2,18,19,20);1H. The van der Waals surface area contributed by atoms with Gasteiger partial charge in [-0.15, -0.1) is 24.0 Å². The Morgan fingerprint density at radius 2 is 1.43 bits per heavy atom. The van der Waals surface area contributed by atoms with Gasteiger partial charge in [-0.05, 0) is 48.1 Å². The van der Waals surface area contributed by atoms with Crippen LogP contribution in [0.3, 0.4) is 0 Å². The fraction of sp³-hybridized carbons (Fsp3) is 0.941. The highest BCUT2D eigenvalue weighted by atomic mass is 127. The van der Waals surface area contributed by atoms with Crippen LogP contribution in [0.25, 0.3) is 0 Å². The van der Waals surface area contributed by atoms with Gasteiger partial charge in [-0.2, -0.15) is 0 Å². The predicted octanol–water partition coefficient (Wildman–Crippen LogP) is 2.62. The summed E-state index contributed by atoms with van der Waals surface area (Å²) in [7, 11) is 4.01. The maximum atomic E-state index is 4.29. The summed E-state index contributed by atoms with van der Waals surface area (Å²) < 4.78 is 0. The smallest absolute Gasteiger partial charge is 0.191 e. The van der Waals surface area contributed by atoms with Crippen molar-refractivity contribution in [3.05, 3.63) is 0 Å². The van der Waals surface area contributed by atoms with E-state index in [1.165, 1.54) is 6.42 Å². The van der Waals surface area contributed by atoms with E-state index in [4.69, 9.17) is 0 Å². The van der Waals surface area contributed by atoms with Gasteiger partial charge in [-0.1, -0.05) is 6.92 Å². The zero-order chi connectivity index (χ0) is 17.1. The van der Waals surface area contributed by atoms with Crippen LogP contribution in [0.15, 0.2) is 4.99 Å². The van der Waals surface area contributed by atoms with E-state index in [0.29, 0.717) is 18.1 Å². The van der Waals surface area contributed by atoms with Gasteiger partial charge < -0.3 is 15.5 Å². The SMILES string of the molecule is CCC(C)N(C)CCNC(=NC)NCCN(C(C)C)C(C)C.I. The van der Waals surface area contributed by atoms with Gasteiger partial charge in [0.1, 0.15) is 0 Å². The van der Waals surface area contributed by atoms with Crippen LogP contribution in [0, 0.1) is 0 Å². The van der Waals surface area contributed by atoms with Crippen molar-refractivity contribution in [3.63, 3.8) is 0 Å². The molecule has 0 fully saturated rings. The quantitative estimate of drug-likeness (QED) is 0.311. The topological polar surface area (TPSA) is 42.9 Å². The summed E-state index contributed by atoms with van der Waals surface area (Å²) in [6, 6.07) is 1.77. The van der Waals surface area contributed by atoms with Crippen molar-refractivity contribution in [2.24, 2.45) is 4.99 Å². The molecule has 0 aliphatic carbocycles. The molecule has 0 radical (unpaired) electrons. The molecule has 0 spiro atoms. The first kappa shape index (κ1) is 25.2. The molecule has 0 saturated heterocycles. The summed E-state index contributed by atoms with van der Waals surface area (Å²) in [4.78, 5) is 9.15. The van der Waals surface area contributed by atoms with Crippen LogP contribution in [0.1, 0.15) is 48.0 Å². The fourth-order valence-corrected chi connectivity index (χ4v) is 2.52. The summed E-state index contributed by atoms with van der Waals surface area (Å²) in [6.45, 7) is 17.4. The number of aliphatic imine (C=N–C) groups is 1. The van der Waals surface area contributed by atoms with E-state index in [1.54, 1.807) is 0 Å². The number of likely N-dealkylation sites (N-methyl/N-ethyl adjacent to an activating group) is 1. The van der Waals surface area contributed by atoms with Crippen molar-refractivity contribution in [1.82, 2.24) is 20.4 Å². The van der Waals surface area contributed by atoms with Crippen molar-refractivity contribution >= 4 is 29.9 Å². The van der Waals surface area contributed by atoms with E-state index in [0.717, 1.165) is 32.1 Å². The summed E-state index contributed by atoms with van der Waals surface area (Å²) >= 11 is 0. The van der Waals surface area contributed by atoms with Gasteiger partial charge in [0.25, 0.3) is 0 Å². The van der Waals surface area contributed by atoms with E-state index >= 15 is 0 Å². The van der Waals surface area contributed by atoms with Gasteiger partial charge in [0.2, 0.25) is 0 Å². The molecule has 140 valence electrons. The molecular formula is C17H40IN5. The Morgan fingerprint density at radius 3 is 1.83 bits per heavy atom. The Balaban J connectivity index is 0. The minimum absolute atomic E-state index is 0. The second-order valence-corrected chi connectivity index (χ2v) is 6.59. The van der Waals surface area contributed by atoms with Crippen LogP contribution in [0.5, 0.6) is 0 Å². The van der Waals surface area contributed by atoms with Crippen molar-refractivity contribution < 1.29 is 0 Å². The average molecular weight is 441 g/mol. The number of hydrogen-bond donors (Lipinski definition) is 2. The lowest BCUT2D eigenvalue weighted by molar-refractivity contribution is 0.178. The first-order chi connectivity index (χ1) is 10.3. The number of guanidine groups is 1. The monoisotopic (exact) mass is 441 g/mol. The third kappa shape index (κ3) is 11.2. The van der Waals surface area contributed by atoms with Crippen molar-refractivity contribution in [2.75, 3.05) is 40.3 Å². The Kier molecular flexibility index (Phi) is 15.6. The molecular weight excluding hydrogens is 401 g/mol. The Hall–Kier alpha value is -0.0800. The molecule has 1 atom stereocenters. The molecule has 0 heterocycles. The summed E-state index contributed by atoms with van der Waals surface area (Å²) in [5.74, 6) is 0.894. The second-order valence-electron chi connectivity index (χ2n) is 6.59. The zero-order valence-corrected chi connectivity index (χ0v) is 18.8. The molecule has 2 N–H and O–H groups in total. The highest BCUT2D eigenvalue weighted by Crippen LogP contribution is 2.03. The number of nitrogens with zero attached hydrogens (tertiary/aromatic N) is 3. The Morgan fingerprint density at radius 1 is 0.957 bits per heavy atom. The van der Waals surface area contributed by atoms with Gasteiger partial charge in [0, 0.05) is 51.4 Å². The highest BCUT2D eigenvalue weighted by molar-refractivity contribution is 14.0. The van der Waals surface area contributed by atoms with Crippen LogP contribution in [0.4, 0.5) is 0 Å². The lowest BCUT2D eigenvalue weighted by atomic mass is 10.2. The molecule has 0 aromatic carbocycles. The zero-order valence-electron chi connectivity index (χ0n) is 16.5. The van der Waals surface area contributed by atoms with E-state index in [9.17, 15) is 0 Å². The molecule has 0 rings (SSSR count). The highest BCUT2D eigenvalue weighted by Gasteiger charge is 2.12. The first-order valence-electron chi connectivity index (χ1n) is 8.73. The summed E-state index contributed by atoms with van der Waals surface area (Å²) in [5.41, 5.74) is 0. The Bertz CT molecular complexity index is 299. The number of rotatable bonds is 10. The first-order valence-corrected chi connectivity index (χ1v) is 8.73. The number of halogens is 1. The van der Waals surface area contributed by atoms with Crippen molar-refractivity contribution in [3.8, 4) is 0 Å². The van der Waals surface area contributed by atoms with Gasteiger partial charge in [0.15, 0.2) is 5.96 Å². The minimum atomic E-state index is 0. The van der Waals surface area contributed by atoms with Crippen LogP contribution < -0.4 is 10.6 Å². The molecule has 0 saturated carbocycles. The van der Waals surface area contributed by atoms with Crippen LogP contribution in [0.2, 0.25) is 0 Å². The Labute approximate surface area is 161 Å². The van der Waals surface area contributed by atoms with E-state index < -0.39 is 0 Å². The minimum Gasteiger partial charge on any atom is -0.355 e. The maximum absolute atomic E-state index is 4.29. The summed E-state index contributed by atoms with van der Waals surface area (Å²) in [6.07, 6.45) is 1.18.